The Balaban J connectivity index is 1.68. The van der Waals surface area contributed by atoms with Crippen molar-refractivity contribution in [3.63, 3.8) is 0 Å². The molecule has 1 amide bonds. The zero-order valence-electron chi connectivity index (χ0n) is 11.0. The number of carbonyl (C=O) groups is 2. The summed E-state index contributed by atoms with van der Waals surface area (Å²) in [6.45, 7) is 0.309. The van der Waals surface area contributed by atoms with Gasteiger partial charge in [-0.2, -0.15) is 0 Å². The minimum absolute atomic E-state index is 0.306. The van der Waals surface area contributed by atoms with Gasteiger partial charge in [-0.25, -0.2) is 0 Å². The van der Waals surface area contributed by atoms with E-state index in [0.717, 1.165) is 5.56 Å². The van der Waals surface area contributed by atoms with Crippen LogP contribution in [0.15, 0.2) is 36.4 Å². The van der Waals surface area contributed by atoms with Crippen LogP contribution >= 0.6 is 11.6 Å². The number of hydrogen-bond acceptors (Lipinski definition) is 3. The normalized spacial score (nSPS) is 29.6. The van der Waals surface area contributed by atoms with Crippen LogP contribution in [0.4, 0.5) is 0 Å². The van der Waals surface area contributed by atoms with Gasteiger partial charge in [0.15, 0.2) is 0 Å². The highest BCUT2D eigenvalue weighted by Crippen LogP contribution is 2.39. The fourth-order valence-corrected chi connectivity index (χ4v) is 3.08. The summed E-state index contributed by atoms with van der Waals surface area (Å²) < 4.78 is 5.48. The van der Waals surface area contributed by atoms with Crippen molar-refractivity contribution in [1.82, 2.24) is 5.32 Å². The maximum atomic E-state index is 12.3. The molecule has 2 bridgehead atoms. The number of hydrogen-bond donors (Lipinski definition) is 2. The predicted octanol–water partition coefficient (Wildman–Crippen LogP) is 1.61. The second-order valence-corrected chi connectivity index (χ2v) is 5.62. The van der Waals surface area contributed by atoms with Crippen molar-refractivity contribution < 1.29 is 19.4 Å². The van der Waals surface area contributed by atoms with E-state index in [1.165, 1.54) is 0 Å². The summed E-state index contributed by atoms with van der Waals surface area (Å²) in [6.07, 6.45) is 2.52. The summed E-state index contributed by atoms with van der Waals surface area (Å²) in [7, 11) is 0. The number of ether oxygens (including phenoxy) is 1. The van der Waals surface area contributed by atoms with Crippen LogP contribution in [0, 0.1) is 11.8 Å². The highest BCUT2D eigenvalue weighted by Gasteiger charge is 2.53. The number of fused-ring (bicyclic) bond motifs is 2. The van der Waals surface area contributed by atoms with E-state index < -0.39 is 30.0 Å². The van der Waals surface area contributed by atoms with E-state index in [1.54, 1.807) is 30.4 Å². The zero-order valence-corrected chi connectivity index (χ0v) is 11.8. The van der Waals surface area contributed by atoms with Crippen LogP contribution in [0.3, 0.4) is 0 Å². The largest absolute Gasteiger partial charge is 0.481 e. The van der Waals surface area contributed by atoms with Gasteiger partial charge >= 0.3 is 5.97 Å². The van der Waals surface area contributed by atoms with Crippen LogP contribution in [0.1, 0.15) is 5.56 Å². The lowest BCUT2D eigenvalue weighted by molar-refractivity contribution is -0.146. The van der Waals surface area contributed by atoms with E-state index in [1.807, 2.05) is 6.07 Å². The van der Waals surface area contributed by atoms with E-state index in [9.17, 15) is 14.7 Å². The maximum absolute atomic E-state index is 12.3. The molecular weight excluding hydrogens is 294 g/mol. The zero-order chi connectivity index (χ0) is 15.0. The smallest absolute Gasteiger partial charge is 0.310 e. The standard InChI is InChI=1S/C15H14ClNO4/c16-9-3-1-2-8(6-9)7-17-14(18)12-10-4-5-11(21-10)13(12)15(19)20/h1-6,10-13H,7H2,(H,17,18)(H,19,20)/t10-,11-,12+,13+/m1/s1. The molecule has 2 aliphatic heterocycles. The van der Waals surface area contributed by atoms with Crippen molar-refractivity contribution in [2.24, 2.45) is 11.8 Å². The van der Waals surface area contributed by atoms with E-state index in [4.69, 9.17) is 16.3 Å². The number of carboxylic acid groups (broad SMARTS) is 1. The summed E-state index contributed by atoms with van der Waals surface area (Å²) in [4.78, 5) is 23.6. The van der Waals surface area contributed by atoms with Gasteiger partial charge in [0.1, 0.15) is 5.92 Å². The molecule has 21 heavy (non-hydrogen) atoms. The minimum atomic E-state index is -1.00. The molecule has 0 radical (unpaired) electrons. The Morgan fingerprint density at radius 2 is 1.95 bits per heavy atom. The average Bonchev–Trinajstić information content (AvgIpc) is 3.05. The monoisotopic (exact) mass is 307 g/mol. The van der Waals surface area contributed by atoms with E-state index in [-0.39, 0.29) is 5.91 Å². The van der Waals surface area contributed by atoms with Gasteiger partial charge in [0.25, 0.3) is 0 Å². The summed E-state index contributed by atoms with van der Waals surface area (Å²) in [5, 5.41) is 12.6. The summed E-state index contributed by atoms with van der Waals surface area (Å²) in [5.41, 5.74) is 0.863. The van der Waals surface area contributed by atoms with Crippen LogP contribution in [0.25, 0.3) is 0 Å². The number of rotatable bonds is 4. The minimum Gasteiger partial charge on any atom is -0.481 e. The summed E-state index contributed by atoms with van der Waals surface area (Å²) >= 11 is 5.88. The van der Waals surface area contributed by atoms with Crippen LogP contribution in [-0.4, -0.2) is 29.2 Å². The second kappa shape index (κ2) is 5.50. The van der Waals surface area contributed by atoms with Crippen molar-refractivity contribution in [3.8, 4) is 0 Å². The van der Waals surface area contributed by atoms with Gasteiger partial charge in [0.2, 0.25) is 5.91 Å². The molecule has 1 saturated heterocycles. The number of benzene rings is 1. The number of halogens is 1. The molecule has 3 rings (SSSR count). The average molecular weight is 308 g/mol. The molecule has 1 fully saturated rings. The SMILES string of the molecule is O=C(O)[C@@H]1[C@@H](C(=O)NCc2cccc(Cl)c2)[C@H]2C=C[C@H]1O2. The lowest BCUT2D eigenvalue weighted by Gasteiger charge is -2.21. The van der Waals surface area contributed by atoms with Crippen LogP contribution in [0.2, 0.25) is 5.02 Å². The lowest BCUT2D eigenvalue weighted by Crippen LogP contribution is -2.42. The quantitative estimate of drug-likeness (QED) is 0.829. The third kappa shape index (κ3) is 2.66. The molecule has 2 heterocycles. The Bertz CT molecular complexity index is 615. The Morgan fingerprint density at radius 3 is 2.62 bits per heavy atom. The van der Waals surface area contributed by atoms with Gasteiger partial charge in [0, 0.05) is 11.6 Å². The molecule has 4 atom stereocenters. The van der Waals surface area contributed by atoms with Crippen molar-refractivity contribution >= 4 is 23.5 Å². The Labute approximate surface area is 126 Å². The maximum Gasteiger partial charge on any atom is 0.310 e. The fraction of sp³-hybridized carbons (Fsp3) is 0.333. The van der Waals surface area contributed by atoms with Crippen LogP contribution < -0.4 is 5.32 Å². The fourth-order valence-electron chi connectivity index (χ4n) is 2.87. The molecular formula is C15H14ClNO4. The molecule has 6 heteroatoms. The van der Waals surface area contributed by atoms with Gasteiger partial charge in [-0.15, -0.1) is 0 Å². The molecule has 5 nitrogen and oxygen atoms in total. The molecule has 2 N–H and O–H groups in total. The first kappa shape index (κ1) is 14.1. The highest BCUT2D eigenvalue weighted by molar-refractivity contribution is 6.30. The van der Waals surface area contributed by atoms with Gasteiger partial charge in [-0.05, 0) is 17.7 Å². The van der Waals surface area contributed by atoms with Crippen LogP contribution in [0.5, 0.6) is 0 Å². The summed E-state index contributed by atoms with van der Waals surface area (Å²) in [6, 6.07) is 7.15. The lowest BCUT2D eigenvalue weighted by atomic mass is 9.82. The van der Waals surface area contributed by atoms with Crippen molar-refractivity contribution in [1.29, 1.82) is 0 Å². The highest BCUT2D eigenvalue weighted by atomic mass is 35.5. The van der Waals surface area contributed by atoms with E-state index in [0.29, 0.717) is 11.6 Å². The molecule has 1 aromatic carbocycles. The second-order valence-electron chi connectivity index (χ2n) is 5.19. The summed E-state index contributed by atoms with van der Waals surface area (Å²) in [5.74, 6) is -2.81. The Kier molecular flexibility index (Phi) is 3.69. The molecule has 0 aliphatic carbocycles. The molecule has 0 aromatic heterocycles. The molecule has 1 aromatic rings. The van der Waals surface area contributed by atoms with E-state index >= 15 is 0 Å². The first-order valence-corrected chi connectivity index (χ1v) is 7.03. The van der Waals surface area contributed by atoms with Gasteiger partial charge in [-0.1, -0.05) is 35.9 Å². The Morgan fingerprint density at radius 1 is 1.24 bits per heavy atom. The number of carbonyl (C=O) groups excluding carboxylic acids is 1. The van der Waals surface area contributed by atoms with Crippen molar-refractivity contribution in [2.75, 3.05) is 0 Å². The van der Waals surface area contributed by atoms with Crippen molar-refractivity contribution in [2.45, 2.75) is 18.8 Å². The molecule has 110 valence electrons. The number of aliphatic carboxylic acids is 1. The van der Waals surface area contributed by atoms with Gasteiger partial charge < -0.3 is 15.2 Å². The predicted molar refractivity (Wildman–Crippen MR) is 75.7 cm³/mol. The van der Waals surface area contributed by atoms with Gasteiger partial charge in [0.05, 0.1) is 18.1 Å². The molecule has 0 unspecified atom stereocenters. The first-order chi connectivity index (χ1) is 10.1. The number of amides is 1. The first-order valence-electron chi connectivity index (χ1n) is 6.65. The van der Waals surface area contributed by atoms with E-state index in [2.05, 4.69) is 5.32 Å². The third-order valence-electron chi connectivity index (χ3n) is 3.84. The molecule has 0 saturated carbocycles. The van der Waals surface area contributed by atoms with Crippen LogP contribution in [-0.2, 0) is 20.9 Å². The molecule has 0 spiro atoms. The van der Waals surface area contributed by atoms with Gasteiger partial charge in [-0.3, -0.25) is 9.59 Å². The third-order valence-corrected chi connectivity index (χ3v) is 4.08. The Hall–Kier alpha value is -1.85. The van der Waals surface area contributed by atoms with Crippen molar-refractivity contribution in [3.05, 3.63) is 47.0 Å². The molecule has 2 aliphatic rings. The topological polar surface area (TPSA) is 75.6 Å². The number of carboxylic acids is 1. The number of nitrogens with one attached hydrogen (secondary N) is 1.